The minimum Gasteiger partial charge on any atom is -0.454 e. The first-order valence-electron chi connectivity index (χ1n) is 8.65. The van der Waals surface area contributed by atoms with Crippen molar-refractivity contribution < 1.29 is 23.9 Å². The summed E-state index contributed by atoms with van der Waals surface area (Å²) in [6, 6.07) is 3.59. The van der Waals surface area contributed by atoms with Crippen LogP contribution < -0.4 is 0 Å². The molecule has 0 aliphatic heterocycles. The highest BCUT2D eigenvalue weighted by Gasteiger charge is 2.26. The van der Waals surface area contributed by atoms with Crippen molar-refractivity contribution in [1.82, 2.24) is 4.98 Å². The van der Waals surface area contributed by atoms with Crippen molar-refractivity contribution in [2.75, 3.05) is 0 Å². The van der Waals surface area contributed by atoms with E-state index in [9.17, 15) is 19.2 Å². The van der Waals surface area contributed by atoms with Crippen LogP contribution in [0, 0.1) is 20.8 Å². The van der Waals surface area contributed by atoms with E-state index in [0.29, 0.717) is 21.7 Å². The molecular weight excluding hydrogens is 366 g/mol. The number of thiophene rings is 1. The van der Waals surface area contributed by atoms with Gasteiger partial charge in [0.15, 0.2) is 17.7 Å². The molecule has 0 saturated carbocycles. The topological polar surface area (TPSA) is 93.3 Å². The first-order chi connectivity index (χ1) is 12.6. The monoisotopic (exact) mass is 389 g/mol. The molecule has 0 saturated heterocycles. The van der Waals surface area contributed by atoms with Gasteiger partial charge >= 0.3 is 5.97 Å². The van der Waals surface area contributed by atoms with Gasteiger partial charge in [-0.15, -0.1) is 11.3 Å². The van der Waals surface area contributed by atoms with Crippen molar-refractivity contribution in [1.29, 1.82) is 0 Å². The van der Waals surface area contributed by atoms with Crippen molar-refractivity contribution >= 4 is 34.7 Å². The minimum absolute atomic E-state index is 0.0365. The Morgan fingerprint density at radius 2 is 1.78 bits per heavy atom. The van der Waals surface area contributed by atoms with Crippen LogP contribution in [0.3, 0.4) is 0 Å². The molecule has 27 heavy (non-hydrogen) atoms. The molecule has 144 valence electrons. The number of aromatic nitrogens is 1. The van der Waals surface area contributed by atoms with Crippen LogP contribution in [0.1, 0.15) is 73.3 Å². The van der Waals surface area contributed by atoms with Crippen molar-refractivity contribution in [2.24, 2.45) is 0 Å². The Morgan fingerprint density at radius 1 is 1.11 bits per heavy atom. The van der Waals surface area contributed by atoms with E-state index in [1.54, 1.807) is 19.9 Å². The van der Waals surface area contributed by atoms with E-state index in [1.165, 1.54) is 25.2 Å². The van der Waals surface area contributed by atoms with Crippen LogP contribution in [-0.4, -0.2) is 34.4 Å². The van der Waals surface area contributed by atoms with Gasteiger partial charge in [-0.3, -0.25) is 19.2 Å². The maximum atomic E-state index is 12.6. The predicted octanol–water partition coefficient (Wildman–Crippen LogP) is 3.98. The van der Waals surface area contributed by atoms with Crippen LogP contribution in [0.4, 0.5) is 0 Å². The second kappa shape index (κ2) is 8.43. The number of carbonyl (C=O) groups excluding carboxylic acids is 4. The van der Waals surface area contributed by atoms with E-state index >= 15 is 0 Å². The van der Waals surface area contributed by atoms with E-state index in [-0.39, 0.29) is 30.1 Å². The molecule has 2 aromatic heterocycles. The third kappa shape index (κ3) is 4.80. The SMILES string of the molecule is CC(=O)c1c(C)[nH]c(C(=O)[C@H](C)OC(=O)CCC(=O)c2ccc(C)s2)c1C. The van der Waals surface area contributed by atoms with E-state index in [0.717, 1.165) is 4.88 Å². The summed E-state index contributed by atoms with van der Waals surface area (Å²) in [4.78, 5) is 52.9. The lowest BCUT2D eigenvalue weighted by Gasteiger charge is -2.12. The molecule has 1 atom stereocenters. The van der Waals surface area contributed by atoms with Crippen molar-refractivity contribution in [3.8, 4) is 0 Å². The van der Waals surface area contributed by atoms with E-state index in [2.05, 4.69) is 4.98 Å². The fourth-order valence-electron chi connectivity index (χ4n) is 2.96. The first-order valence-corrected chi connectivity index (χ1v) is 9.46. The summed E-state index contributed by atoms with van der Waals surface area (Å²) >= 11 is 1.38. The number of ketones is 3. The van der Waals surface area contributed by atoms with Gasteiger partial charge in [-0.1, -0.05) is 0 Å². The second-order valence-corrected chi connectivity index (χ2v) is 7.80. The summed E-state index contributed by atoms with van der Waals surface area (Å²) in [7, 11) is 0. The third-order valence-electron chi connectivity index (χ3n) is 4.28. The normalized spacial score (nSPS) is 11.9. The molecule has 0 aromatic carbocycles. The number of aromatic amines is 1. The molecule has 2 rings (SSSR count). The summed E-state index contributed by atoms with van der Waals surface area (Å²) in [5, 5.41) is 0. The fraction of sp³-hybridized carbons (Fsp3) is 0.400. The third-order valence-corrected chi connectivity index (χ3v) is 5.33. The molecule has 6 nitrogen and oxygen atoms in total. The molecule has 0 aliphatic carbocycles. The first kappa shape index (κ1) is 20.8. The highest BCUT2D eigenvalue weighted by molar-refractivity contribution is 7.14. The molecule has 0 bridgehead atoms. The standard InChI is InChI=1S/C20H23NO5S/c1-10-6-8-16(27-10)15(23)7-9-17(24)26-14(5)20(25)19-11(2)18(13(4)22)12(3)21-19/h6,8,14,21H,7,9H2,1-5H3/t14-/m0/s1. The van der Waals surface area contributed by atoms with E-state index in [4.69, 9.17) is 4.74 Å². The molecule has 0 spiro atoms. The Bertz CT molecular complexity index is 906. The molecule has 2 aromatic rings. The lowest BCUT2D eigenvalue weighted by atomic mass is 10.0. The number of hydrogen-bond acceptors (Lipinski definition) is 6. The van der Waals surface area contributed by atoms with E-state index < -0.39 is 17.9 Å². The number of hydrogen-bond donors (Lipinski definition) is 1. The number of aryl methyl sites for hydroxylation is 2. The molecule has 1 N–H and O–H groups in total. The zero-order valence-electron chi connectivity index (χ0n) is 16.1. The minimum atomic E-state index is -1.01. The number of esters is 1. The maximum absolute atomic E-state index is 12.6. The summed E-state index contributed by atoms with van der Waals surface area (Å²) < 4.78 is 5.18. The highest BCUT2D eigenvalue weighted by Crippen LogP contribution is 2.21. The Morgan fingerprint density at radius 3 is 2.30 bits per heavy atom. The Labute approximate surface area is 161 Å². The lowest BCUT2D eigenvalue weighted by molar-refractivity contribution is -0.146. The fourth-order valence-corrected chi connectivity index (χ4v) is 3.80. The van der Waals surface area contributed by atoms with Crippen LogP contribution in [0.15, 0.2) is 12.1 Å². The van der Waals surface area contributed by atoms with Crippen molar-refractivity contribution in [3.05, 3.63) is 44.4 Å². The number of rotatable bonds is 8. The van der Waals surface area contributed by atoms with Crippen LogP contribution in [0.25, 0.3) is 0 Å². The van der Waals surface area contributed by atoms with Crippen LogP contribution in [0.5, 0.6) is 0 Å². The van der Waals surface area contributed by atoms with Gasteiger partial charge in [0, 0.05) is 22.6 Å². The van der Waals surface area contributed by atoms with Crippen molar-refractivity contribution in [2.45, 2.75) is 53.6 Å². The zero-order chi connectivity index (χ0) is 20.3. The number of ether oxygens (including phenoxy) is 1. The van der Waals surface area contributed by atoms with Crippen LogP contribution in [-0.2, 0) is 9.53 Å². The smallest absolute Gasteiger partial charge is 0.306 e. The largest absolute Gasteiger partial charge is 0.454 e. The van der Waals surface area contributed by atoms with Crippen LogP contribution >= 0.6 is 11.3 Å². The van der Waals surface area contributed by atoms with Gasteiger partial charge in [-0.05, 0) is 52.3 Å². The van der Waals surface area contributed by atoms with Gasteiger partial charge in [-0.2, -0.15) is 0 Å². The van der Waals surface area contributed by atoms with Gasteiger partial charge in [0.1, 0.15) is 0 Å². The molecule has 0 radical (unpaired) electrons. The van der Waals surface area contributed by atoms with Gasteiger partial charge < -0.3 is 9.72 Å². The number of carbonyl (C=O) groups is 4. The molecule has 0 amide bonds. The summed E-state index contributed by atoms with van der Waals surface area (Å²) in [5.41, 5.74) is 1.91. The zero-order valence-corrected chi connectivity index (χ0v) is 16.9. The van der Waals surface area contributed by atoms with Gasteiger partial charge in [0.05, 0.1) is 17.0 Å². The molecule has 2 heterocycles. The summed E-state index contributed by atoms with van der Waals surface area (Å²) in [6.07, 6.45) is -1.06. The van der Waals surface area contributed by atoms with E-state index in [1.807, 2.05) is 13.0 Å². The average molecular weight is 389 g/mol. The van der Waals surface area contributed by atoms with Gasteiger partial charge in [0.2, 0.25) is 5.78 Å². The maximum Gasteiger partial charge on any atom is 0.306 e. The lowest BCUT2D eigenvalue weighted by Crippen LogP contribution is -2.25. The van der Waals surface area contributed by atoms with Crippen LogP contribution in [0.2, 0.25) is 0 Å². The number of nitrogens with one attached hydrogen (secondary N) is 1. The average Bonchev–Trinajstić information content (AvgIpc) is 3.14. The number of H-pyrrole nitrogens is 1. The molecule has 7 heteroatoms. The van der Waals surface area contributed by atoms with Crippen molar-refractivity contribution in [3.63, 3.8) is 0 Å². The Balaban J connectivity index is 1.96. The highest BCUT2D eigenvalue weighted by atomic mass is 32.1. The summed E-state index contributed by atoms with van der Waals surface area (Å²) in [6.45, 7) is 8.23. The Hall–Kier alpha value is -2.54. The second-order valence-electron chi connectivity index (χ2n) is 6.51. The number of Topliss-reactive ketones (excluding diaryl/α,β-unsaturated/α-hetero) is 3. The summed E-state index contributed by atoms with van der Waals surface area (Å²) in [5.74, 6) is -1.26. The Kier molecular flexibility index (Phi) is 6.49. The quantitative estimate of drug-likeness (QED) is 0.544. The molecule has 0 unspecified atom stereocenters. The predicted molar refractivity (Wildman–Crippen MR) is 103 cm³/mol. The molecule has 0 aliphatic rings. The molecular formula is C20H23NO5S. The van der Waals surface area contributed by atoms with Gasteiger partial charge in [-0.25, -0.2) is 0 Å². The van der Waals surface area contributed by atoms with Gasteiger partial charge in [0.25, 0.3) is 0 Å². The molecule has 0 fully saturated rings.